The molecule has 2 amide bonds. The lowest BCUT2D eigenvalue weighted by molar-refractivity contribution is -0.137. The Balaban J connectivity index is 0.00000176. The molecule has 10 heteroatoms. The van der Waals surface area contributed by atoms with E-state index in [1.54, 1.807) is 0 Å². The fraction of sp³-hybridized carbons (Fsp3) is 0.294. The fourth-order valence-corrected chi connectivity index (χ4v) is 2.05. The van der Waals surface area contributed by atoms with Gasteiger partial charge in [-0.15, -0.1) is 0 Å². The van der Waals surface area contributed by atoms with Gasteiger partial charge >= 0.3 is 11.6 Å². The van der Waals surface area contributed by atoms with Crippen LogP contribution >= 0.6 is 0 Å². The average molecular weight is 380 g/mol. The second-order valence-electron chi connectivity index (χ2n) is 5.05. The zero-order valence-corrected chi connectivity index (χ0v) is 14.7. The van der Waals surface area contributed by atoms with Crippen molar-refractivity contribution in [1.29, 1.82) is 0 Å². The fourth-order valence-electron chi connectivity index (χ4n) is 2.05. The van der Waals surface area contributed by atoms with Gasteiger partial charge in [0.2, 0.25) is 11.8 Å². The highest BCUT2D eigenvalue weighted by atomic mass is 16.4. The summed E-state index contributed by atoms with van der Waals surface area (Å²) in [6.07, 6.45) is -0.293. The Morgan fingerprint density at radius 3 is 2.19 bits per heavy atom. The van der Waals surface area contributed by atoms with Gasteiger partial charge in [0, 0.05) is 17.5 Å². The van der Waals surface area contributed by atoms with Crippen LogP contribution in [-0.2, 0) is 20.8 Å². The molecule has 2 rings (SSSR count). The summed E-state index contributed by atoms with van der Waals surface area (Å²) in [6, 6.07) is 3.26. The molecule has 0 aliphatic rings. The van der Waals surface area contributed by atoms with Crippen molar-refractivity contribution in [2.75, 3.05) is 13.1 Å². The van der Waals surface area contributed by atoms with Crippen molar-refractivity contribution in [3.8, 4) is 11.5 Å². The maximum atomic E-state index is 11.9. The number of amides is 2. The summed E-state index contributed by atoms with van der Waals surface area (Å²) < 4.78 is 4.89. The van der Waals surface area contributed by atoms with E-state index in [-0.39, 0.29) is 23.0 Å². The van der Waals surface area contributed by atoms with Gasteiger partial charge in [-0.05, 0) is 11.6 Å². The molecule has 2 aromatic rings. The molecule has 0 aliphatic carbocycles. The van der Waals surface area contributed by atoms with Crippen LogP contribution in [0.25, 0.3) is 11.0 Å². The number of hydrogen-bond donors (Lipinski definition) is 5. The highest BCUT2D eigenvalue weighted by Crippen LogP contribution is 2.31. The van der Waals surface area contributed by atoms with E-state index >= 15 is 0 Å². The molecule has 1 aromatic carbocycles. The van der Waals surface area contributed by atoms with Gasteiger partial charge in [-0.3, -0.25) is 14.4 Å². The van der Waals surface area contributed by atoms with Crippen molar-refractivity contribution in [2.45, 2.75) is 20.3 Å². The van der Waals surface area contributed by atoms with Crippen LogP contribution in [0.3, 0.4) is 0 Å². The number of aliphatic carboxylic acids is 1. The largest absolute Gasteiger partial charge is 0.504 e. The predicted molar refractivity (Wildman–Crippen MR) is 94.5 cm³/mol. The zero-order chi connectivity index (χ0) is 20.6. The predicted octanol–water partition coefficient (Wildman–Crippen LogP) is 0.0899. The molecule has 5 N–H and O–H groups in total. The van der Waals surface area contributed by atoms with E-state index in [0.717, 1.165) is 18.2 Å². The standard InChI is InChI=1S/C15H14N2O8.C2H6/c18-9-3-8-7(2-15(24)25-11(8)4-10(9)19)1-12(20)16-5-13(21)17-6-14(22)23;1-2/h2-4,18-19H,1,5-6H2,(H,16,20)(H,17,21)(H,22,23);1-2H3. The maximum absolute atomic E-state index is 11.9. The van der Waals surface area contributed by atoms with Crippen LogP contribution in [0.15, 0.2) is 27.4 Å². The third-order valence-corrected chi connectivity index (χ3v) is 3.16. The average Bonchev–Trinajstić information content (AvgIpc) is 2.61. The lowest BCUT2D eigenvalue weighted by atomic mass is 10.1. The van der Waals surface area contributed by atoms with Crippen LogP contribution in [0, 0.1) is 0 Å². The Hall–Kier alpha value is -3.56. The number of carbonyl (C=O) groups is 3. The number of benzene rings is 1. The van der Waals surface area contributed by atoms with Gasteiger partial charge in [0.1, 0.15) is 12.1 Å². The maximum Gasteiger partial charge on any atom is 0.336 e. The smallest absolute Gasteiger partial charge is 0.336 e. The normalized spacial score (nSPS) is 9.85. The Kier molecular flexibility index (Phi) is 7.80. The number of hydrogen-bond acceptors (Lipinski definition) is 7. The summed E-state index contributed by atoms with van der Waals surface area (Å²) in [7, 11) is 0. The number of phenolic OH excluding ortho intramolecular Hbond substituents is 2. The minimum atomic E-state index is -1.22. The van der Waals surface area contributed by atoms with Gasteiger partial charge < -0.3 is 30.4 Å². The monoisotopic (exact) mass is 380 g/mol. The van der Waals surface area contributed by atoms with Crippen LogP contribution in [0.5, 0.6) is 11.5 Å². The van der Waals surface area contributed by atoms with E-state index in [1.807, 2.05) is 13.8 Å². The molecule has 0 fully saturated rings. The van der Waals surface area contributed by atoms with Gasteiger partial charge in [0.05, 0.1) is 13.0 Å². The summed E-state index contributed by atoms with van der Waals surface area (Å²) in [6.45, 7) is 3.00. The van der Waals surface area contributed by atoms with Crippen molar-refractivity contribution in [2.24, 2.45) is 0 Å². The lowest BCUT2D eigenvalue weighted by Crippen LogP contribution is -2.39. The lowest BCUT2D eigenvalue weighted by Gasteiger charge is -2.08. The number of carboxylic acid groups (broad SMARTS) is 1. The molecular weight excluding hydrogens is 360 g/mol. The summed E-state index contributed by atoms with van der Waals surface area (Å²) in [4.78, 5) is 45.1. The van der Waals surface area contributed by atoms with Crippen molar-refractivity contribution in [1.82, 2.24) is 10.6 Å². The summed E-state index contributed by atoms with van der Waals surface area (Å²) in [5, 5.41) is 32.0. The molecule has 0 saturated heterocycles. The molecule has 0 aliphatic heterocycles. The van der Waals surface area contributed by atoms with E-state index in [0.29, 0.717) is 0 Å². The first kappa shape index (κ1) is 21.5. The summed E-state index contributed by atoms with van der Waals surface area (Å²) >= 11 is 0. The topological polar surface area (TPSA) is 166 Å². The minimum Gasteiger partial charge on any atom is -0.504 e. The van der Waals surface area contributed by atoms with Crippen molar-refractivity contribution in [3.05, 3.63) is 34.2 Å². The molecule has 10 nitrogen and oxygen atoms in total. The number of fused-ring (bicyclic) bond motifs is 1. The van der Waals surface area contributed by atoms with E-state index in [1.165, 1.54) is 0 Å². The van der Waals surface area contributed by atoms with Crippen molar-refractivity contribution < 1.29 is 34.1 Å². The van der Waals surface area contributed by atoms with Gasteiger partial charge in [-0.1, -0.05) is 13.8 Å². The SMILES string of the molecule is CC.O=C(O)CNC(=O)CNC(=O)Cc1cc(=O)oc2cc(O)c(O)cc12. The molecule has 0 unspecified atom stereocenters. The molecule has 0 spiro atoms. The molecule has 0 radical (unpaired) electrons. The van der Waals surface area contributed by atoms with E-state index < -0.39 is 48.0 Å². The first-order valence-electron chi connectivity index (χ1n) is 8.00. The molecule has 1 aromatic heterocycles. The molecule has 0 atom stereocenters. The summed E-state index contributed by atoms with van der Waals surface area (Å²) in [5.74, 6) is -3.44. The molecule has 0 bridgehead atoms. The minimum absolute atomic E-state index is 0.00944. The van der Waals surface area contributed by atoms with E-state index in [2.05, 4.69) is 10.6 Å². The highest BCUT2D eigenvalue weighted by Gasteiger charge is 2.14. The summed E-state index contributed by atoms with van der Waals surface area (Å²) in [5.41, 5.74) is -0.533. The second kappa shape index (κ2) is 9.80. The van der Waals surface area contributed by atoms with Crippen LogP contribution in [-0.4, -0.2) is 46.2 Å². The molecule has 0 saturated carbocycles. The number of aromatic hydroxyl groups is 2. The highest BCUT2D eigenvalue weighted by molar-refractivity contribution is 5.91. The number of rotatable bonds is 6. The van der Waals surface area contributed by atoms with Crippen LogP contribution in [0.4, 0.5) is 0 Å². The Labute approximate surface area is 153 Å². The number of phenols is 2. The van der Waals surface area contributed by atoms with Crippen LogP contribution in [0.2, 0.25) is 0 Å². The third-order valence-electron chi connectivity index (χ3n) is 3.16. The Morgan fingerprint density at radius 2 is 1.56 bits per heavy atom. The number of nitrogens with one attached hydrogen (secondary N) is 2. The zero-order valence-electron chi connectivity index (χ0n) is 14.7. The van der Waals surface area contributed by atoms with Crippen molar-refractivity contribution in [3.63, 3.8) is 0 Å². The Bertz CT molecular complexity index is 904. The van der Waals surface area contributed by atoms with Crippen molar-refractivity contribution >= 4 is 28.8 Å². The quantitative estimate of drug-likeness (QED) is 0.347. The molecule has 27 heavy (non-hydrogen) atoms. The van der Waals surface area contributed by atoms with E-state index in [4.69, 9.17) is 9.52 Å². The van der Waals surface area contributed by atoms with Gasteiger partial charge in [-0.2, -0.15) is 0 Å². The van der Waals surface area contributed by atoms with Gasteiger partial charge in [-0.25, -0.2) is 4.79 Å². The molecule has 146 valence electrons. The first-order valence-corrected chi connectivity index (χ1v) is 8.00. The molecule has 1 heterocycles. The van der Waals surface area contributed by atoms with Gasteiger partial charge in [0.25, 0.3) is 0 Å². The van der Waals surface area contributed by atoms with Crippen LogP contribution < -0.4 is 16.3 Å². The second-order valence-corrected chi connectivity index (χ2v) is 5.05. The van der Waals surface area contributed by atoms with E-state index in [9.17, 15) is 29.4 Å². The first-order chi connectivity index (χ1) is 12.8. The number of carboxylic acids is 1. The Morgan fingerprint density at radius 1 is 0.963 bits per heavy atom. The van der Waals surface area contributed by atoms with Gasteiger partial charge in [0.15, 0.2) is 11.5 Å². The third kappa shape index (κ3) is 6.34. The van der Waals surface area contributed by atoms with Crippen LogP contribution in [0.1, 0.15) is 19.4 Å². The molecular formula is C17H20N2O8. The number of carbonyl (C=O) groups excluding carboxylic acids is 2.